The molecule has 4 heteroatoms. The molecule has 0 radical (unpaired) electrons. The van der Waals surface area contributed by atoms with Crippen LogP contribution in [0, 0.1) is 0 Å². The Bertz CT molecular complexity index is 520. The maximum Gasteiger partial charge on any atom is 0.114 e. The Hall–Kier alpha value is -1.23. The van der Waals surface area contributed by atoms with Crippen LogP contribution in [0.5, 0.6) is 0 Å². The first-order valence-corrected chi connectivity index (χ1v) is 7.98. The number of aromatic nitrogens is 1. The number of ether oxygens (including phenoxy) is 1. The van der Waals surface area contributed by atoms with Crippen molar-refractivity contribution in [1.82, 2.24) is 10.3 Å². The lowest BCUT2D eigenvalue weighted by atomic mass is 10.0. The van der Waals surface area contributed by atoms with Crippen molar-refractivity contribution >= 4 is 11.3 Å². The lowest BCUT2D eigenvalue weighted by Crippen LogP contribution is -2.25. The first-order valence-electron chi connectivity index (χ1n) is 7.10. The van der Waals surface area contributed by atoms with E-state index in [0.717, 1.165) is 17.5 Å². The zero-order valence-corrected chi connectivity index (χ0v) is 12.5. The van der Waals surface area contributed by atoms with E-state index in [1.807, 2.05) is 11.6 Å². The third-order valence-corrected chi connectivity index (χ3v) is 4.51. The van der Waals surface area contributed by atoms with Gasteiger partial charge >= 0.3 is 0 Å². The van der Waals surface area contributed by atoms with Crippen LogP contribution in [0.4, 0.5) is 0 Å². The predicted octanol–water partition coefficient (Wildman–Crippen LogP) is 3.35. The number of hydrogen-bond donors (Lipinski definition) is 1. The van der Waals surface area contributed by atoms with Crippen molar-refractivity contribution in [1.29, 1.82) is 0 Å². The molecule has 20 heavy (non-hydrogen) atoms. The van der Waals surface area contributed by atoms with Crippen LogP contribution < -0.4 is 5.32 Å². The van der Waals surface area contributed by atoms with Gasteiger partial charge in [0, 0.05) is 25.2 Å². The molecule has 0 aliphatic heterocycles. The molecule has 0 amide bonds. The minimum atomic E-state index is 0.165. The van der Waals surface area contributed by atoms with Crippen LogP contribution in [-0.2, 0) is 4.74 Å². The summed E-state index contributed by atoms with van der Waals surface area (Å²) >= 11 is 1.69. The van der Waals surface area contributed by atoms with Gasteiger partial charge in [-0.15, -0.1) is 11.3 Å². The number of methoxy groups -OCH3 is 1. The number of nitrogens with zero attached hydrogens (tertiary/aromatic N) is 1. The third kappa shape index (κ3) is 3.26. The molecule has 0 spiro atoms. The molecule has 1 aromatic carbocycles. The van der Waals surface area contributed by atoms with Gasteiger partial charge in [0.1, 0.15) is 5.01 Å². The van der Waals surface area contributed by atoms with Crippen molar-refractivity contribution in [3.63, 3.8) is 0 Å². The van der Waals surface area contributed by atoms with Crippen LogP contribution in [0.2, 0.25) is 0 Å². The highest BCUT2D eigenvalue weighted by molar-refractivity contribution is 7.09. The highest BCUT2D eigenvalue weighted by Gasteiger charge is 2.24. The van der Waals surface area contributed by atoms with Crippen LogP contribution in [0.1, 0.15) is 40.9 Å². The molecule has 2 aromatic rings. The SMILES string of the molecule is COCCNC(c1ccc(C2CC2)cc1)c1nccs1. The molecule has 1 unspecified atom stereocenters. The fourth-order valence-electron chi connectivity index (χ4n) is 2.41. The highest BCUT2D eigenvalue weighted by Crippen LogP contribution is 2.40. The molecular weight excluding hydrogens is 268 g/mol. The maximum atomic E-state index is 5.12. The van der Waals surface area contributed by atoms with Gasteiger partial charge in [0.05, 0.1) is 12.6 Å². The first kappa shape index (κ1) is 13.7. The molecule has 106 valence electrons. The fraction of sp³-hybridized carbons (Fsp3) is 0.438. The van der Waals surface area contributed by atoms with Crippen LogP contribution in [0.3, 0.4) is 0 Å². The summed E-state index contributed by atoms with van der Waals surface area (Å²) in [6, 6.07) is 9.18. The quantitative estimate of drug-likeness (QED) is 0.793. The summed E-state index contributed by atoms with van der Waals surface area (Å²) in [7, 11) is 1.73. The summed E-state index contributed by atoms with van der Waals surface area (Å²) in [4.78, 5) is 4.46. The Morgan fingerprint density at radius 3 is 2.75 bits per heavy atom. The van der Waals surface area contributed by atoms with Crippen LogP contribution in [0.25, 0.3) is 0 Å². The minimum Gasteiger partial charge on any atom is -0.383 e. The number of benzene rings is 1. The van der Waals surface area contributed by atoms with Crippen molar-refractivity contribution in [3.8, 4) is 0 Å². The van der Waals surface area contributed by atoms with Gasteiger partial charge in [-0.3, -0.25) is 0 Å². The molecule has 1 heterocycles. The fourth-order valence-corrected chi connectivity index (χ4v) is 3.15. The van der Waals surface area contributed by atoms with E-state index in [4.69, 9.17) is 4.74 Å². The van der Waals surface area contributed by atoms with Crippen molar-refractivity contribution in [3.05, 3.63) is 52.0 Å². The number of thiazole rings is 1. The molecular formula is C16H20N2OS. The molecule has 1 saturated carbocycles. The molecule has 1 atom stereocenters. The standard InChI is InChI=1S/C16H20N2OS/c1-19-10-8-17-15(16-18-9-11-20-16)14-6-4-13(5-7-14)12-2-3-12/h4-7,9,11-12,15,17H,2-3,8,10H2,1H3. The van der Waals surface area contributed by atoms with Gasteiger partial charge in [-0.25, -0.2) is 4.98 Å². The van der Waals surface area contributed by atoms with E-state index in [1.165, 1.54) is 24.0 Å². The summed E-state index contributed by atoms with van der Waals surface area (Å²) in [6.07, 6.45) is 4.56. The van der Waals surface area contributed by atoms with E-state index >= 15 is 0 Å². The largest absolute Gasteiger partial charge is 0.383 e. The van der Waals surface area contributed by atoms with Crippen molar-refractivity contribution in [2.24, 2.45) is 0 Å². The lowest BCUT2D eigenvalue weighted by Gasteiger charge is -2.17. The Morgan fingerprint density at radius 1 is 1.35 bits per heavy atom. The number of rotatable bonds is 7. The number of hydrogen-bond acceptors (Lipinski definition) is 4. The van der Waals surface area contributed by atoms with Crippen LogP contribution in [0.15, 0.2) is 35.8 Å². The van der Waals surface area contributed by atoms with E-state index in [1.54, 1.807) is 18.4 Å². The highest BCUT2D eigenvalue weighted by atomic mass is 32.1. The van der Waals surface area contributed by atoms with Gasteiger partial charge in [0.15, 0.2) is 0 Å². The molecule has 0 saturated heterocycles. The molecule has 1 fully saturated rings. The van der Waals surface area contributed by atoms with Gasteiger partial charge in [0.2, 0.25) is 0 Å². The second kappa shape index (κ2) is 6.48. The van der Waals surface area contributed by atoms with E-state index in [2.05, 4.69) is 34.6 Å². The molecule has 3 rings (SSSR count). The monoisotopic (exact) mass is 288 g/mol. The molecule has 1 aromatic heterocycles. The second-order valence-electron chi connectivity index (χ2n) is 5.19. The summed E-state index contributed by atoms with van der Waals surface area (Å²) in [6.45, 7) is 1.53. The van der Waals surface area contributed by atoms with Gasteiger partial charge in [-0.1, -0.05) is 24.3 Å². The normalized spacial score (nSPS) is 16.2. The Balaban J connectivity index is 1.76. The Morgan fingerprint density at radius 2 is 2.15 bits per heavy atom. The molecule has 1 aliphatic rings. The van der Waals surface area contributed by atoms with Crippen LogP contribution >= 0.6 is 11.3 Å². The van der Waals surface area contributed by atoms with Crippen molar-refractivity contribution in [2.45, 2.75) is 24.8 Å². The average molecular weight is 288 g/mol. The van der Waals surface area contributed by atoms with Gasteiger partial charge in [0.25, 0.3) is 0 Å². The second-order valence-corrected chi connectivity index (χ2v) is 6.12. The summed E-state index contributed by atoms with van der Waals surface area (Å²) in [5.74, 6) is 0.809. The zero-order chi connectivity index (χ0) is 13.8. The van der Waals surface area contributed by atoms with E-state index < -0.39 is 0 Å². The Labute approximate surface area is 124 Å². The van der Waals surface area contributed by atoms with E-state index in [9.17, 15) is 0 Å². The lowest BCUT2D eigenvalue weighted by molar-refractivity contribution is 0.197. The first-order chi connectivity index (χ1) is 9.88. The summed E-state index contributed by atoms with van der Waals surface area (Å²) < 4.78 is 5.12. The zero-order valence-electron chi connectivity index (χ0n) is 11.7. The molecule has 0 bridgehead atoms. The van der Waals surface area contributed by atoms with Crippen molar-refractivity contribution in [2.75, 3.05) is 20.3 Å². The molecule has 1 N–H and O–H groups in total. The third-order valence-electron chi connectivity index (χ3n) is 3.67. The number of nitrogens with one attached hydrogen (secondary N) is 1. The maximum absolute atomic E-state index is 5.12. The summed E-state index contributed by atoms with van der Waals surface area (Å²) in [5, 5.41) is 6.66. The van der Waals surface area contributed by atoms with E-state index in [-0.39, 0.29) is 6.04 Å². The molecule has 1 aliphatic carbocycles. The van der Waals surface area contributed by atoms with Gasteiger partial charge in [-0.2, -0.15) is 0 Å². The van der Waals surface area contributed by atoms with E-state index in [0.29, 0.717) is 6.61 Å². The smallest absolute Gasteiger partial charge is 0.114 e. The Kier molecular flexibility index (Phi) is 4.45. The minimum absolute atomic E-state index is 0.165. The summed E-state index contributed by atoms with van der Waals surface area (Å²) in [5.41, 5.74) is 2.75. The predicted molar refractivity (Wildman–Crippen MR) is 82.3 cm³/mol. The van der Waals surface area contributed by atoms with Gasteiger partial charge in [-0.05, 0) is 29.9 Å². The van der Waals surface area contributed by atoms with Crippen LogP contribution in [-0.4, -0.2) is 25.2 Å². The molecule has 3 nitrogen and oxygen atoms in total. The van der Waals surface area contributed by atoms with Crippen molar-refractivity contribution < 1.29 is 4.74 Å². The topological polar surface area (TPSA) is 34.1 Å². The average Bonchev–Trinajstić information content (AvgIpc) is 3.20. The van der Waals surface area contributed by atoms with Gasteiger partial charge < -0.3 is 10.1 Å².